The fourth-order valence-corrected chi connectivity index (χ4v) is 6.17. The van der Waals surface area contributed by atoms with E-state index in [-0.39, 0.29) is 6.04 Å². The van der Waals surface area contributed by atoms with Crippen molar-refractivity contribution in [3.05, 3.63) is 50.6 Å². The molecular weight excluding hydrogens is 394 g/mol. The van der Waals surface area contributed by atoms with E-state index in [0.29, 0.717) is 11.4 Å². The van der Waals surface area contributed by atoms with E-state index in [1.807, 2.05) is 0 Å². The standard InChI is InChI=1S/C17H20BrNO2S2/c1-13-10-12-22-17(13)16-5-3-2-4-11-19(16)23(20,21)15-8-6-14(18)7-9-15/h6-10,12,16H,2-5,11H2,1H3/t16-/m0/s1. The molecule has 2 aromatic rings. The average Bonchev–Trinajstić information content (AvgIpc) is 2.80. The van der Waals surface area contributed by atoms with Gasteiger partial charge in [0.1, 0.15) is 0 Å². The molecule has 6 heteroatoms. The summed E-state index contributed by atoms with van der Waals surface area (Å²) in [6.45, 7) is 2.67. The summed E-state index contributed by atoms with van der Waals surface area (Å²) in [6, 6.07) is 8.98. The van der Waals surface area contributed by atoms with Crippen LogP contribution in [0.2, 0.25) is 0 Å². The molecule has 1 saturated heterocycles. The fourth-order valence-electron chi connectivity index (χ4n) is 3.10. The Morgan fingerprint density at radius 3 is 2.52 bits per heavy atom. The third-order valence-corrected chi connectivity index (χ3v) is 7.90. The summed E-state index contributed by atoms with van der Waals surface area (Å²) in [6.07, 6.45) is 4.00. The van der Waals surface area contributed by atoms with Crippen LogP contribution in [0, 0.1) is 6.92 Å². The van der Waals surface area contributed by atoms with Gasteiger partial charge in [0.2, 0.25) is 10.0 Å². The van der Waals surface area contributed by atoms with Gasteiger partial charge in [-0.05, 0) is 61.0 Å². The highest BCUT2D eigenvalue weighted by molar-refractivity contribution is 9.10. The van der Waals surface area contributed by atoms with Gasteiger partial charge in [-0.25, -0.2) is 8.42 Å². The van der Waals surface area contributed by atoms with Crippen molar-refractivity contribution in [2.75, 3.05) is 6.54 Å². The van der Waals surface area contributed by atoms with Crippen LogP contribution in [0.25, 0.3) is 0 Å². The fraction of sp³-hybridized carbons (Fsp3) is 0.412. The number of nitrogens with zero attached hydrogens (tertiary/aromatic N) is 1. The lowest BCUT2D eigenvalue weighted by atomic mass is 10.1. The van der Waals surface area contributed by atoms with Gasteiger partial charge in [0.25, 0.3) is 0 Å². The maximum absolute atomic E-state index is 13.2. The average molecular weight is 414 g/mol. The van der Waals surface area contributed by atoms with E-state index in [1.165, 1.54) is 10.4 Å². The molecule has 1 aromatic heterocycles. The number of sulfonamides is 1. The lowest BCUT2D eigenvalue weighted by Gasteiger charge is -2.29. The molecule has 1 aliphatic heterocycles. The largest absolute Gasteiger partial charge is 0.243 e. The number of thiophene rings is 1. The molecule has 0 aliphatic carbocycles. The van der Waals surface area contributed by atoms with Crippen LogP contribution in [0.3, 0.4) is 0 Å². The Hall–Kier alpha value is -0.690. The predicted molar refractivity (Wildman–Crippen MR) is 98.3 cm³/mol. The second-order valence-corrected chi connectivity index (χ2v) is 9.66. The van der Waals surface area contributed by atoms with Crippen LogP contribution < -0.4 is 0 Å². The molecule has 0 radical (unpaired) electrons. The van der Waals surface area contributed by atoms with Gasteiger partial charge in [0.05, 0.1) is 10.9 Å². The first-order chi connectivity index (χ1) is 11.0. The summed E-state index contributed by atoms with van der Waals surface area (Å²) in [5.41, 5.74) is 1.19. The summed E-state index contributed by atoms with van der Waals surface area (Å²) >= 11 is 5.04. The third kappa shape index (κ3) is 3.55. The highest BCUT2D eigenvalue weighted by Crippen LogP contribution is 2.38. The minimum Gasteiger partial charge on any atom is -0.207 e. The van der Waals surface area contributed by atoms with Gasteiger partial charge < -0.3 is 0 Å². The molecule has 1 aromatic carbocycles. The van der Waals surface area contributed by atoms with Gasteiger partial charge in [-0.2, -0.15) is 4.31 Å². The Morgan fingerprint density at radius 1 is 1.13 bits per heavy atom. The SMILES string of the molecule is Cc1ccsc1[C@@H]1CCCCCN1S(=O)(=O)c1ccc(Br)cc1. The highest BCUT2D eigenvalue weighted by Gasteiger charge is 2.34. The summed E-state index contributed by atoms with van der Waals surface area (Å²) in [4.78, 5) is 1.56. The molecule has 1 atom stereocenters. The molecule has 2 heterocycles. The Labute approximate surface area is 150 Å². The van der Waals surface area contributed by atoms with E-state index < -0.39 is 10.0 Å². The molecule has 1 aliphatic rings. The van der Waals surface area contributed by atoms with Gasteiger partial charge in [-0.1, -0.05) is 28.8 Å². The molecule has 3 nitrogen and oxygen atoms in total. The number of hydrogen-bond donors (Lipinski definition) is 0. The molecule has 1 fully saturated rings. The van der Waals surface area contributed by atoms with E-state index in [2.05, 4.69) is 34.3 Å². The monoisotopic (exact) mass is 413 g/mol. The molecule has 0 bridgehead atoms. The van der Waals surface area contributed by atoms with E-state index in [9.17, 15) is 8.42 Å². The van der Waals surface area contributed by atoms with Crippen LogP contribution in [0.5, 0.6) is 0 Å². The Kier molecular flexibility index (Phi) is 5.26. The van der Waals surface area contributed by atoms with Crippen LogP contribution in [-0.4, -0.2) is 19.3 Å². The molecular formula is C17H20BrNO2S2. The maximum Gasteiger partial charge on any atom is 0.243 e. The molecule has 0 N–H and O–H groups in total. The normalized spacial score (nSPS) is 20.3. The number of hydrogen-bond acceptors (Lipinski definition) is 3. The molecule has 0 saturated carbocycles. The van der Waals surface area contributed by atoms with Crippen LogP contribution >= 0.6 is 27.3 Å². The quantitative estimate of drug-likeness (QED) is 0.699. The second-order valence-electron chi connectivity index (χ2n) is 5.90. The molecule has 23 heavy (non-hydrogen) atoms. The minimum absolute atomic E-state index is 0.0360. The first-order valence-electron chi connectivity index (χ1n) is 7.81. The van der Waals surface area contributed by atoms with E-state index >= 15 is 0 Å². The first kappa shape index (κ1) is 17.1. The Bertz CT molecular complexity index is 768. The Morgan fingerprint density at radius 2 is 1.87 bits per heavy atom. The van der Waals surface area contributed by atoms with Crippen molar-refractivity contribution < 1.29 is 8.42 Å². The highest BCUT2D eigenvalue weighted by atomic mass is 79.9. The van der Waals surface area contributed by atoms with E-state index in [1.54, 1.807) is 39.9 Å². The van der Waals surface area contributed by atoms with Crippen molar-refractivity contribution in [2.45, 2.75) is 43.5 Å². The number of halogens is 1. The number of aryl methyl sites for hydroxylation is 1. The summed E-state index contributed by atoms with van der Waals surface area (Å²) in [7, 11) is -3.47. The van der Waals surface area contributed by atoms with Crippen molar-refractivity contribution in [3.63, 3.8) is 0 Å². The topological polar surface area (TPSA) is 37.4 Å². The van der Waals surface area contributed by atoms with Gasteiger partial charge >= 0.3 is 0 Å². The van der Waals surface area contributed by atoms with Crippen molar-refractivity contribution in [1.29, 1.82) is 0 Å². The Balaban J connectivity index is 2.02. The van der Waals surface area contributed by atoms with Crippen molar-refractivity contribution in [2.24, 2.45) is 0 Å². The van der Waals surface area contributed by atoms with Crippen LogP contribution in [-0.2, 0) is 10.0 Å². The zero-order valence-corrected chi connectivity index (χ0v) is 16.3. The first-order valence-corrected chi connectivity index (χ1v) is 10.9. The van der Waals surface area contributed by atoms with Gasteiger partial charge in [-0.15, -0.1) is 11.3 Å². The number of benzene rings is 1. The molecule has 0 spiro atoms. The van der Waals surface area contributed by atoms with Gasteiger partial charge in [-0.3, -0.25) is 0 Å². The molecule has 124 valence electrons. The van der Waals surface area contributed by atoms with Crippen LogP contribution in [0.15, 0.2) is 45.1 Å². The lowest BCUT2D eigenvalue weighted by Crippen LogP contribution is -2.34. The second kappa shape index (κ2) is 7.05. The third-order valence-electron chi connectivity index (χ3n) is 4.33. The maximum atomic E-state index is 13.2. The zero-order chi connectivity index (χ0) is 16.4. The predicted octanol–water partition coefficient (Wildman–Crippen LogP) is 5.13. The lowest BCUT2D eigenvalue weighted by molar-refractivity contribution is 0.332. The van der Waals surface area contributed by atoms with Crippen LogP contribution in [0.4, 0.5) is 0 Å². The minimum atomic E-state index is -3.47. The van der Waals surface area contributed by atoms with Gasteiger partial charge in [0.15, 0.2) is 0 Å². The summed E-state index contributed by atoms with van der Waals surface area (Å²) in [5, 5.41) is 2.06. The summed E-state index contributed by atoms with van der Waals surface area (Å²) in [5.74, 6) is 0. The zero-order valence-electron chi connectivity index (χ0n) is 13.0. The molecule has 3 rings (SSSR count). The van der Waals surface area contributed by atoms with Crippen molar-refractivity contribution in [1.82, 2.24) is 4.31 Å². The molecule has 0 unspecified atom stereocenters. The summed E-state index contributed by atoms with van der Waals surface area (Å²) < 4.78 is 29.0. The van der Waals surface area contributed by atoms with Gasteiger partial charge in [0, 0.05) is 15.9 Å². The molecule has 0 amide bonds. The van der Waals surface area contributed by atoms with Crippen molar-refractivity contribution >= 4 is 37.3 Å². The van der Waals surface area contributed by atoms with E-state index in [4.69, 9.17) is 0 Å². The van der Waals surface area contributed by atoms with E-state index in [0.717, 1.165) is 30.2 Å². The van der Waals surface area contributed by atoms with Crippen LogP contribution in [0.1, 0.15) is 42.2 Å². The number of rotatable bonds is 3. The van der Waals surface area contributed by atoms with Crippen molar-refractivity contribution in [3.8, 4) is 0 Å². The smallest absolute Gasteiger partial charge is 0.207 e.